The Hall–Kier alpha value is -0.160. The van der Waals surface area contributed by atoms with Crippen LogP contribution in [0.1, 0.15) is 12.5 Å². The molecule has 2 nitrogen and oxygen atoms in total. The highest BCUT2D eigenvalue weighted by Gasteiger charge is 1.97. The van der Waals surface area contributed by atoms with Gasteiger partial charge in [-0.2, -0.15) is 11.8 Å². The van der Waals surface area contributed by atoms with Crippen LogP contribution in [-0.2, 0) is 11.3 Å². The Labute approximate surface area is 119 Å². The average molecular weight is 285 g/mol. The second-order valence-corrected chi connectivity index (χ2v) is 6.42. The lowest BCUT2D eigenvalue weighted by Gasteiger charge is -2.06. The summed E-state index contributed by atoms with van der Waals surface area (Å²) in [6.45, 7) is 4.80. The highest BCUT2D eigenvalue weighted by molar-refractivity contribution is 8.02. The van der Waals surface area contributed by atoms with Gasteiger partial charge in [-0.05, 0) is 23.4 Å². The van der Waals surface area contributed by atoms with Crippen LogP contribution in [0.4, 0.5) is 0 Å². The summed E-state index contributed by atoms with van der Waals surface area (Å²) in [7, 11) is 1.73. The molecule has 0 saturated heterocycles. The van der Waals surface area contributed by atoms with E-state index in [0.717, 1.165) is 19.7 Å². The van der Waals surface area contributed by atoms with E-state index < -0.39 is 0 Å². The van der Waals surface area contributed by atoms with E-state index in [-0.39, 0.29) is 0 Å². The van der Waals surface area contributed by atoms with Crippen LogP contribution in [0.5, 0.6) is 0 Å². The molecule has 0 spiro atoms. The lowest BCUT2D eigenvalue weighted by Crippen LogP contribution is -2.18. The molecule has 18 heavy (non-hydrogen) atoms. The number of hydrogen-bond acceptors (Lipinski definition) is 4. The van der Waals surface area contributed by atoms with Crippen molar-refractivity contribution in [1.29, 1.82) is 0 Å². The van der Waals surface area contributed by atoms with Crippen molar-refractivity contribution in [3.63, 3.8) is 0 Å². The summed E-state index contributed by atoms with van der Waals surface area (Å²) in [6, 6.07) is 8.79. The molecule has 0 amide bonds. The fourth-order valence-corrected chi connectivity index (χ4v) is 3.25. The summed E-state index contributed by atoms with van der Waals surface area (Å²) < 4.78 is 5.01. The molecule has 0 atom stereocenters. The lowest BCUT2D eigenvalue weighted by atomic mass is 10.2. The quantitative estimate of drug-likeness (QED) is 0.526. The van der Waals surface area contributed by atoms with Gasteiger partial charge in [0.15, 0.2) is 0 Å². The smallest absolute Gasteiger partial charge is 0.0587 e. The normalized spacial score (nSPS) is 10.8. The van der Waals surface area contributed by atoms with Crippen molar-refractivity contribution in [3.05, 3.63) is 29.8 Å². The van der Waals surface area contributed by atoms with E-state index in [4.69, 9.17) is 4.74 Å². The molecule has 0 aliphatic heterocycles. The molecule has 0 aliphatic rings. The molecule has 0 radical (unpaired) electrons. The third-order valence-electron chi connectivity index (χ3n) is 2.41. The van der Waals surface area contributed by atoms with E-state index in [9.17, 15) is 0 Å². The van der Waals surface area contributed by atoms with E-state index in [1.165, 1.54) is 27.7 Å². The van der Waals surface area contributed by atoms with Gasteiger partial charge in [0.05, 0.1) is 6.61 Å². The molecule has 1 aromatic carbocycles. The summed E-state index contributed by atoms with van der Waals surface area (Å²) in [5.41, 5.74) is 1.35. The first kappa shape index (κ1) is 15.9. The highest BCUT2D eigenvalue weighted by Crippen LogP contribution is 2.20. The third-order valence-corrected chi connectivity index (χ3v) is 4.57. The van der Waals surface area contributed by atoms with Gasteiger partial charge in [0.1, 0.15) is 0 Å². The van der Waals surface area contributed by atoms with Gasteiger partial charge >= 0.3 is 0 Å². The van der Waals surface area contributed by atoms with Gasteiger partial charge in [-0.1, -0.05) is 19.1 Å². The van der Waals surface area contributed by atoms with Crippen LogP contribution in [0.25, 0.3) is 0 Å². The molecule has 1 rings (SSSR count). The Morgan fingerprint density at radius 3 is 2.94 bits per heavy atom. The average Bonchev–Trinajstić information content (AvgIpc) is 2.40. The lowest BCUT2D eigenvalue weighted by molar-refractivity contribution is 0.199. The zero-order valence-electron chi connectivity index (χ0n) is 11.3. The van der Waals surface area contributed by atoms with Crippen molar-refractivity contribution in [1.82, 2.24) is 5.32 Å². The molecule has 0 heterocycles. The van der Waals surface area contributed by atoms with Gasteiger partial charge in [0.2, 0.25) is 0 Å². The molecular weight excluding hydrogens is 262 g/mol. The number of ether oxygens (including phenoxy) is 1. The minimum absolute atomic E-state index is 0.767. The predicted molar refractivity (Wildman–Crippen MR) is 83.7 cm³/mol. The van der Waals surface area contributed by atoms with Gasteiger partial charge in [0, 0.05) is 36.6 Å². The van der Waals surface area contributed by atoms with E-state index in [1.807, 2.05) is 23.5 Å². The van der Waals surface area contributed by atoms with E-state index in [1.54, 1.807) is 7.11 Å². The first-order chi connectivity index (χ1) is 8.86. The molecule has 102 valence electrons. The number of nitrogens with one attached hydrogen (secondary N) is 1. The summed E-state index contributed by atoms with van der Waals surface area (Å²) in [6.07, 6.45) is 0. The second-order valence-electron chi connectivity index (χ2n) is 3.86. The van der Waals surface area contributed by atoms with Crippen LogP contribution in [0.15, 0.2) is 29.2 Å². The monoisotopic (exact) mass is 285 g/mol. The molecule has 0 aliphatic carbocycles. The molecule has 0 saturated carbocycles. The Morgan fingerprint density at radius 2 is 2.17 bits per heavy atom. The number of benzene rings is 1. The second kappa shape index (κ2) is 10.7. The van der Waals surface area contributed by atoms with Crippen LogP contribution in [0, 0.1) is 0 Å². The van der Waals surface area contributed by atoms with Crippen molar-refractivity contribution < 1.29 is 4.74 Å². The fraction of sp³-hybridized carbons (Fsp3) is 0.571. The topological polar surface area (TPSA) is 21.3 Å². The van der Waals surface area contributed by atoms with Gasteiger partial charge in [0.25, 0.3) is 0 Å². The maximum Gasteiger partial charge on any atom is 0.0587 e. The highest BCUT2D eigenvalue weighted by atomic mass is 32.2. The summed E-state index contributed by atoms with van der Waals surface area (Å²) in [4.78, 5) is 1.37. The van der Waals surface area contributed by atoms with Crippen molar-refractivity contribution in [2.75, 3.05) is 37.5 Å². The minimum Gasteiger partial charge on any atom is -0.383 e. The maximum atomic E-state index is 5.01. The number of methoxy groups -OCH3 is 1. The Morgan fingerprint density at radius 1 is 1.28 bits per heavy atom. The van der Waals surface area contributed by atoms with Gasteiger partial charge < -0.3 is 10.1 Å². The third kappa shape index (κ3) is 7.31. The molecule has 1 N–H and O–H groups in total. The van der Waals surface area contributed by atoms with E-state index in [0.29, 0.717) is 0 Å². The van der Waals surface area contributed by atoms with Gasteiger partial charge in [-0.3, -0.25) is 0 Å². The molecule has 4 heteroatoms. The SMILES string of the molecule is CCSCCSc1cccc(CNCCOC)c1. The van der Waals surface area contributed by atoms with Gasteiger partial charge in [-0.15, -0.1) is 11.8 Å². The van der Waals surface area contributed by atoms with Crippen molar-refractivity contribution in [2.45, 2.75) is 18.4 Å². The summed E-state index contributed by atoms with van der Waals surface area (Å²) >= 11 is 3.95. The van der Waals surface area contributed by atoms with Crippen LogP contribution >= 0.6 is 23.5 Å². The summed E-state index contributed by atoms with van der Waals surface area (Å²) in [5, 5.41) is 3.37. The number of thioether (sulfide) groups is 2. The van der Waals surface area contributed by atoms with Crippen molar-refractivity contribution in [2.24, 2.45) is 0 Å². The Bertz CT molecular complexity index is 293. The molecule has 1 aromatic rings. The van der Waals surface area contributed by atoms with Crippen molar-refractivity contribution in [3.8, 4) is 0 Å². The molecule has 0 unspecified atom stereocenters. The maximum absolute atomic E-state index is 5.01. The standard InChI is InChI=1S/C14H23NOS2/c1-3-17-9-10-18-14-6-4-5-13(11-14)12-15-7-8-16-2/h4-6,11,15H,3,7-10,12H2,1-2H3. The first-order valence-corrected chi connectivity index (χ1v) is 8.50. The predicted octanol–water partition coefficient (Wildman–Crippen LogP) is 3.27. The fourth-order valence-electron chi connectivity index (χ4n) is 1.51. The summed E-state index contributed by atoms with van der Waals surface area (Å²) in [5.74, 6) is 3.64. The van der Waals surface area contributed by atoms with Gasteiger partial charge in [-0.25, -0.2) is 0 Å². The number of rotatable bonds is 10. The van der Waals surface area contributed by atoms with Crippen LogP contribution in [0.3, 0.4) is 0 Å². The number of hydrogen-bond donors (Lipinski definition) is 1. The molecule has 0 fully saturated rings. The van der Waals surface area contributed by atoms with Crippen LogP contribution in [-0.4, -0.2) is 37.5 Å². The van der Waals surface area contributed by atoms with E-state index >= 15 is 0 Å². The zero-order chi connectivity index (χ0) is 13.1. The Balaban J connectivity index is 2.27. The molecule has 0 aromatic heterocycles. The zero-order valence-corrected chi connectivity index (χ0v) is 12.9. The minimum atomic E-state index is 0.767. The van der Waals surface area contributed by atoms with Crippen LogP contribution in [0.2, 0.25) is 0 Å². The largest absolute Gasteiger partial charge is 0.383 e. The Kier molecular flexibility index (Phi) is 9.48. The van der Waals surface area contributed by atoms with Crippen LogP contribution < -0.4 is 5.32 Å². The van der Waals surface area contributed by atoms with E-state index in [2.05, 4.69) is 36.5 Å². The first-order valence-electron chi connectivity index (χ1n) is 6.36. The van der Waals surface area contributed by atoms with Crippen molar-refractivity contribution >= 4 is 23.5 Å². The molecular formula is C14H23NOS2. The molecule has 0 bridgehead atoms.